The van der Waals surface area contributed by atoms with Crippen LogP contribution in [-0.2, 0) is 6.54 Å². The zero-order chi connectivity index (χ0) is 13.2. The minimum absolute atomic E-state index is 0. The number of pyridine rings is 1. The summed E-state index contributed by atoms with van der Waals surface area (Å²) in [5, 5.41) is 2.66. The first kappa shape index (κ1) is 19.6. The number of aromatic nitrogens is 1. The Balaban J connectivity index is 0.00000180. The highest BCUT2D eigenvalue weighted by Gasteiger charge is 2.12. The second-order valence-electron chi connectivity index (χ2n) is 6.10. The smallest absolute Gasteiger partial charge is 0.178 e. The van der Waals surface area contributed by atoms with E-state index in [9.17, 15) is 0 Å². The Morgan fingerprint density at radius 1 is 1.00 bits per heavy atom. The molecule has 2 aromatic rings. The van der Waals surface area contributed by atoms with Crippen molar-refractivity contribution in [1.82, 2.24) is 0 Å². The van der Waals surface area contributed by atoms with E-state index in [1.807, 2.05) is 0 Å². The number of quaternary nitrogens is 1. The van der Waals surface area contributed by atoms with Crippen LogP contribution in [0.1, 0.15) is 12.1 Å². The van der Waals surface area contributed by atoms with Gasteiger partial charge in [-0.1, -0.05) is 18.2 Å². The highest BCUT2D eigenvalue weighted by molar-refractivity contribution is 5.80. The van der Waals surface area contributed by atoms with Gasteiger partial charge in [-0.2, -0.15) is 0 Å². The molecule has 1 aromatic heterocycles. The molecule has 2 nitrogen and oxygen atoms in total. The standard InChI is InChI=1S/C16H24N2.2BrH/c1-14-12-15-8-5-6-9-16(15)13-17(14)10-7-11-18(2,3)4;;/h5-6,8-9,12-13H,7,10-11H2,1-4H3;2*1H/q+2;;/p-2. The molecule has 0 saturated carbocycles. The molecule has 0 aliphatic heterocycles. The maximum Gasteiger partial charge on any atom is 0.178 e. The zero-order valence-electron chi connectivity index (χ0n) is 12.7. The van der Waals surface area contributed by atoms with Crippen LogP contribution in [0.4, 0.5) is 0 Å². The van der Waals surface area contributed by atoms with Crippen molar-refractivity contribution in [2.24, 2.45) is 0 Å². The van der Waals surface area contributed by atoms with Crippen LogP contribution in [0.5, 0.6) is 0 Å². The first-order valence-corrected chi connectivity index (χ1v) is 6.65. The van der Waals surface area contributed by atoms with Gasteiger partial charge in [0.1, 0.15) is 0 Å². The number of hydrogen-bond donors (Lipinski definition) is 0. The van der Waals surface area contributed by atoms with Gasteiger partial charge in [0.25, 0.3) is 0 Å². The first-order chi connectivity index (χ1) is 8.46. The van der Waals surface area contributed by atoms with Crippen molar-refractivity contribution in [2.75, 3.05) is 27.7 Å². The van der Waals surface area contributed by atoms with Crippen molar-refractivity contribution in [2.45, 2.75) is 19.9 Å². The average Bonchev–Trinajstić information content (AvgIpc) is 2.28. The summed E-state index contributed by atoms with van der Waals surface area (Å²) < 4.78 is 3.41. The van der Waals surface area contributed by atoms with Gasteiger partial charge in [0, 0.05) is 18.4 Å². The van der Waals surface area contributed by atoms with Gasteiger partial charge in [0.2, 0.25) is 0 Å². The molecular weight excluding hydrogens is 380 g/mol. The number of hydrogen-bond acceptors (Lipinski definition) is 0. The van der Waals surface area contributed by atoms with E-state index in [-0.39, 0.29) is 34.0 Å². The third kappa shape index (κ3) is 5.51. The highest BCUT2D eigenvalue weighted by Crippen LogP contribution is 2.12. The number of halogens is 2. The molecule has 0 fully saturated rings. The lowest BCUT2D eigenvalue weighted by atomic mass is 10.1. The summed E-state index contributed by atoms with van der Waals surface area (Å²) >= 11 is 0. The van der Waals surface area contributed by atoms with Crippen LogP contribution in [0.2, 0.25) is 0 Å². The predicted molar refractivity (Wildman–Crippen MR) is 76.4 cm³/mol. The molecule has 2 rings (SSSR count). The summed E-state index contributed by atoms with van der Waals surface area (Å²) in [7, 11) is 6.74. The molecule has 1 aromatic carbocycles. The van der Waals surface area contributed by atoms with Crippen molar-refractivity contribution in [3.8, 4) is 0 Å². The van der Waals surface area contributed by atoms with E-state index in [1.165, 1.54) is 29.4 Å². The Hall–Kier alpha value is -0.450. The van der Waals surface area contributed by atoms with Crippen molar-refractivity contribution < 1.29 is 43.0 Å². The molecular formula is C16H24Br2N2. The summed E-state index contributed by atoms with van der Waals surface area (Å²) in [5.74, 6) is 0. The van der Waals surface area contributed by atoms with E-state index in [1.54, 1.807) is 0 Å². The van der Waals surface area contributed by atoms with Gasteiger partial charge in [0.05, 0.1) is 34.1 Å². The molecule has 4 heteroatoms. The lowest BCUT2D eigenvalue weighted by Crippen LogP contribution is -3.00. The van der Waals surface area contributed by atoms with Gasteiger partial charge in [-0.15, -0.1) is 0 Å². The molecule has 0 aliphatic carbocycles. The lowest BCUT2D eigenvalue weighted by Gasteiger charge is -2.23. The summed E-state index contributed by atoms with van der Waals surface area (Å²) in [6, 6.07) is 10.8. The molecule has 0 saturated heterocycles. The van der Waals surface area contributed by atoms with Gasteiger partial charge >= 0.3 is 0 Å². The van der Waals surface area contributed by atoms with Gasteiger partial charge < -0.3 is 38.4 Å². The number of rotatable bonds is 4. The fourth-order valence-corrected chi connectivity index (χ4v) is 2.29. The minimum Gasteiger partial charge on any atom is -1.00 e. The first-order valence-electron chi connectivity index (χ1n) is 6.65. The van der Waals surface area contributed by atoms with Crippen LogP contribution in [-0.4, -0.2) is 32.2 Å². The summed E-state index contributed by atoms with van der Waals surface area (Å²) in [5.41, 5.74) is 1.34. The van der Waals surface area contributed by atoms with E-state index in [0.29, 0.717) is 0 Å². The molecule has 0 spiro atoms. The monoisotopic (exact) mass is 402 g/mol. The quantitative estimate of drug-likeness (QED) is 0.369. The van der Waals surface area contributed by atoms with E-state index in [4.69, 9.17) is 0 Å². The fraction of sp³-hybridized carbons (Fsp3) is 0.438. The van der Waals surface area contributed by atoms with E-state index >= 15 is 0 Å². The van der Waals surface area contributed by atoms with Crippen molar-refractivity contribution >= 4 is 10.8 Å². The van der Waals surface area contributed by atoms with Crippen LogP contribution < -0.4 is 38.5 Å². The molecule has 1 heterocycles. The van der Waals surface area contributed by atoms with Crippen LogP contribution in [0.3, 0.4) is 0 Å². The van der Waals surface area contributed by atoms with Crippen molar-refractivity contribution in [1.29, 1.82) is 0 Å². The number of aryl methyl sites for hydroxylation is 2. The molecule has 0 atom stereocenters. The van der Waals surface area contributed by atoms with E-state index in [2.05, 4.69) is 69.2 Å². The molecule has 0 amide bonds. The van der Waals surface area contributed by atoms with E-state index < -0.39 is 0 Å². The SMILES string of the molecule is Cc1cc2ccccc2c[n+]1CCC[N+](C)(C)C.[Br-].[Br-]. The fourth-order valence-electron chi connectivity index (χ4n) is 2.29. The maximum absolute atomic E-state index is 2.37. The van der Waals surface area contributed by atoms with Gasteiger partial charge in [0.15, 0.2) is 18.4 Å². The Morgan fingerprint density at radius 3 is 2.20 bits per heavy atom. The number of benzene rings is 1. The zero-order valence-corrected chi connectivity index (χ0v) is 15.9. The molecule has 112 valence electrons. The van der Waals surface area contributed by atoms with Crippen LogP contribution >= 0.6 is 0 Å². The predicted octanol–water partition coefficient (Wildman–Crippen LogP) is -3.46. The Morgan fingerprint density at radius 2 is 1.60 bits per heavy atom. The largest absolute Gasteiger partial charge is 1.00 e. The molecule has 0 radical (unpaired) electrons. The van der Waals surface area contributed by atoms with Crippen LogP contribution in [0.25, 0.3) is 10.8 Å². The maximum atomic E-state index is 2.37. The summed E-state index contributed by atoms with van der Waals surface area (Å²) in [6.07, 6.45) is 3.49. The molecule has 0 aliphatic rings. The summed E-state index contributed by atoms with van der Waals surface area (Å²) in [4.78, 5) is 0. The van der Waals surface area contributed by atoms with Crippen molar-refractivity contribution in [3.63, 3.8) is 0 Å². The molecule has 0 unspecified atom stereocenters. The normalized spacial score (nSPS) is 10.8. The van der Waals surface area contributed by atoms with Crippen molar-refractivity contribution in [3.05, 3.63) is 42.2 Å². The van der Waals surface area contributed by atoms with Gasteiger partial charge in [-0.05, 0) is 11.5 Å². The Labute approximate surface area is 143 Å². The van der Waals surface area contributed by atoms with Crippen LogP contribution in [0, 0.1) is 6.92 Å². The topological polar surface area (TPSA) is 3.88 Å². The minimum atomic E-state index is 0. The second-order valence-corrected chi connectivity index (χ2v) is 6.10. The number of nitrogens with zero attached hydrogens (tertiary/aromatic N) is 2. The van der Waals surface area contributed by atoms with Gasteiger partial charge in [-0.3, -0.25) is 0 Å². The molecule has 20 heavy (non-hydrogen) atoms. The number of fused-ring (bicyclic) bond motifs is 1. The summed E-state index contributed by atoms with van der Waals surface area (Å²) in [6.45, 7) is 4.50. The Bertz CT molecular complexity index is 548. The highest BCUT2D eigenvalue weighted by atomic mass is 79.9. The van der Waals surface area contributed by atoms with Gasteiger partial charge in [-0.25, -0.2) is 4.57 Å². The second kappa shape index (κ2) is 8.11. The van der Waals surface area contributed by atoms with E-state index in [0.717, 1.165) is 11.0 Å². The third-order valence-electron chi connectivity index (χ3n) is 3.34. The average molecular weight is 404 g/mol. The molecule has 0 N–H and O–H groups in total. The Kier molecular flexibility index (Phi) is 7.92. The third-order valence-corrected chi connectivity index (χ3v) is 3.34. The van der Waals surface area contributed by atoms with Crippen LogP contribution in [0.15, 0.2) is 36.5 Å². The lowest BCUT2D eigenvalue weighted by molar-refractivity contribution is -0.873. The molecule has 0 bridgehead atoms.